The van der Waals surface area contributed by atoms with Crippen molar-refractivity contribution < 1.29 is 15.0 Å². The molecule has 0 unspecified atom stereocenters. The minimum Gasteiger partial charge on any atom is -0.396 e. The maximum Gasteiger partial charge on any atom is 0.314 e. The quantitative estimate of drug-likeness (QED) is 0.213. The predicted molar refractivity (Wildman–Crippen MR) is 118 cm³/mol. The molecule has 0 saturated carbocycles. The van der Waals surface area contributed by atoms with Crippen LogP contribution in [0.25, 0.3) is 0 Å². The molecule has 0 fully saturated rings. The lowest BCUT2D eigenvalue weighted by atomic mass is 10.1. The van der Waals surface area contributed by atoms with Gasteiger partial charge in [0, 0.05) is 26.3 Å². The number of primary amides is 1. The summed E-state index contributed by atoms with van der Waals surface area (Å²) in [5, 5.41) is 17.5. The summed E-state index contributed by atoms with van der Waals surface area (Å²) in [7, 11) is 0. The number of urea groups is 1. The molecule has 4 N–H and O–H groups in total. The predicted octanol–water partition coefficient (Wildman–Crippen LogP) is 5.37. The van der Waals surface area contributed by atoms with E-state index in [2.05, 4.69) is 0 Å². The zero-order valence-corrected chi connectivity index (χ0v) is 18.4. The van der Waals surface area contributed by atoms with Gasteiger partial charge in [-0.3, -0.25) is 0 Å². The van der Waals surface area contributed by atoms with Gasteiger partial charge in [-0.15, -0.1) is 0 Å². The van der Waals surface area contributed by atoms with E-state index >= 15 is 0 Å². The second-order valence-corrected chi connectivity index (χ2v) is 8.14. The average Bonchev–Trinajstić information content (AvgIpc) is 2.68. The van der Waals surface area contributed by atoms with Gasteiger partial charge >= 0.3 is 6.03 Å². The zero-order chi connectivity index (χ0) is 20.7. The number of carbonyl (C=O) groups excluding carboxylic acids is 1. The maximum absolute atomic E-state index is 11.6. The molecule has 0 aliphatic carbocycles. The second kappa shape index (κ2) is 22.5. The molecule has 0 saturated heterocycles. The van der Waals surface area contributed by atoms with Gasteiger partial charge < -0.3 is 20.8 Å². The van der Waals surface area contributed by atoms with E-state index in [0.717, 1.165) is 51.6 Å². The number of nitrogens with two attached hydrogens (primary N) is 1. The molecular formula is C23H48N2O3. The number of aliphatic hydroxyl groups is 2. The molecule has 5 heteroatoms. The lowest BCUT2D eigenvalue weighted by molar-refractivity contribution is 0.204. The number of amides is 2. The summed E-state index contributed by atoms with van der Waals surface area (Å²) in [5.41, 5.74) is 5.53. The van der Waals surface area contributed by atoms with Crippen molar-refractivity contribution in [3.8, 4) is 0 Å². The van der Waals surface area contributed by atoms with Crippen LogP contribution in [0.4, 0.5) is 4.79 Å². The molecule has 0 aliphatic rings. The molecule has 0 rings (SSSR count). The largest absolute Gasteiger partial charge is 0.396 e. The SMILES string of the molecule is NC(=O)N(CCCCCCCCCCCO)CCCCCCCCCCCO. The van der Waals surface area contributed by atoms with E-state index in [4.69, 9.17) is 15.9 Å². The van der Waals surface area contributed by atoms with Crippen molar-refractivity contribution in [1.82, 2.24) is 4.90 Å². The first-order valence-electron chi connectivity index (χ1n) is 12.0. The first-order valence-corrected chi connectivity index (χ1v) is 12.0. The summed E-state index contributed by atoms with van der Waals surface area (Å²) in [6, 6.07) is -0.271. The van der Waals surface area contributed by atoms with Crippen LogP contribution in [0.1, 0.15) is 116 Å². The van der Waals surface area contributed by atoms with Crippen molar-refractivity contribution in [1.29, 1.82) is 0 Å². The van der Waals surface area contributed by atoms with Crippen molar-refractivity contribution in [2.24, 2.45) is 5.73 Å². The number of aliphatic hydroxyl groups excluding tert-OH is 2. The van der Waals surface area contributed by atoms with Gasteiger partial charge in [-0.25, -0.2) is 4.79 Å². The summed E-state index contributed by atoms with van der Waals surface area (Å²) in [4.78, 5) is 13.4. The molecule has 0 atom stereocenters. The van der Waals surface area contributed by atoms with Crippen LogP contribution in [0, 0.1) is 0 Å². The van der Waals surface area contributed by atoms with Gasteiger partial charge in [0.2, 0.25) is 0 Å². The molecule has 28 heavy (non-hydrogen) atoms. The third-order valence-electron chi connectivity index (χ3n) is 5.48. The maximum atomic E-state index is 11.6. The van der Waals surface area contributed by atoms with E-state index in [-0.39, 0.29) is 6.03 Å². The number of rotatable bonds is 22. The number of hydrogen-bond acceptors (Lipinski definition) is 3. The monoisotopic (exact) mass is 400 g/mol. The van der Waals surface area contributed by atoms with E-state index in [1.54, 1.807) is 0 Å². The molecule has 0 bridgehead atoms. The Kier molecular flexibility index (Phi) is 21.8. The van der Waals surface area contributed by atoms with Crippen LogP contribution >= 0.6 is 0 Å². The van der Waals surface area contributed by atoms with Gasteiger partial charge in [-0.05, 0) is 25.7 Å². The third kappa shape index (κ3) is 19.9. The highest BCUT2D eigenvalue weighted by molar-refractivity contribution is 5.71. The number of unbranched alkanes of at least 4 members (excludes halogenated alkanes) is 16. The number of carbonyl (C=O) groups is 1. The van der Waals surface area contributed by atoms with Crippen molar-refractivity contribution in [2.75, 3.05) is 26.3 Å². The molecule has 5 nitrogen and oxygen atoms in total. The van der Waals surface area contributed by atoms with Crippen molar-refractivity contribution in [3.05, 3.63) is 0 Å². The van der Waals surface area contributed by atoms with Crippen molar-refractivity contribution in [2.45, 2.75) is 116 Å². The molecule has 168 valence electrons. The van der Waals surface area contributed by atoms with Gasteiger partial charge in [-0.1, -0.05) is 89.9 Å². The molecule has 0 aromatic rings. The van der Waals surface area contributed by atoms with Gasteiger partial charge in [0.05, 0.1) is 0 Å². The Bertz CT molecular complexity index is 303. The molecule has 0 aromatic heterocycles. The molecular weight excluding hydrogens is 352 g/mol. The van der Waals surface area contributed by atoms with E-state index in [1.807, 2.05) is 4.90 Å². The Balaban J connectivity index is 3.45. The normalized spacial score (nSPS) is 11.1. The highest BCUT2D eigenvalue weighted by Gasteiger charge is 2.08. The zero-order valence-electron chi connectivity index (χ0n) is 18.4. The minimum absolute atomic E-state index is 0.271. The van der Waals surface area contributed by atoms with Crippen LogP contribution in [-0.4, -0.2) is 47.4 Å². The topological polar surface area (TPSA) is 86.8 Å². The summed E-state index contributed by atoms with van der Waals surface area (Å²) >= 11 is 0. The lowest BCUT2D eigenvalue weighted by Crippen LogP contribution is -2.37. The fourth-order valence-corrected chi connectivity index (χ4v) is 3.64. The fourth-order valence-electron chi connectivity index (χ4n) is 3.64. The van der Waals surface area contributed by atoms with E-state index in [9.17, 15) is 4.79 Å². The standard InChI is InChI=1S/C23H48N2O3/c24-23(28)25(19-15-11-7-3-1-5-9-13-17-21-26)20-16-12-8-4-2-6-10-14-18-22-27/h26-27H,1-22H2,(H2,24,28). The smallest absolute Gasteiger partial charge is 0.314 e. The van der Waals surface area contributed by atoms with Crippen molar-refractivity contribution in [3.63, 3.8) is 0 Å². The average molecular weight is 401 g/mol. The minimum atomic E-state index is -0.271. The first kappa shape index (κ1) is 27.2. The van der Waals surface area contributed by atoms with Crippen molar-refractivity contribution >= 4 is 6.03 Å². The van der Waals surface area contributed by atoms with E-state index in [1.165, 1.54) is 77.0 Å². The van der Waals surface area contributed by atoms with Crippen LogP contribution in [0.2, 0.25) is 0 Å². The van der Waals surface area contributed by atoms with Gasteiger partial charge in [0.1, 0.15) is 0 Å². The second-order valence-electron chi connectivity index (χ2n) is 8.14. The van der Waals surface area contributed by atoms with Gasteiger partial charge in [0.25, 0.3) is 0 Å². The van der Waals surface area contributed by atoms with Crippen LogP contribution < -0.4 is 5.73 Å². The van der Waals surface area contributed by atoms with E-state index < -0.39 is 0 Å². The lowest BCUT2D eigenvalue weighted by Gasteiger charge is -2.20. The molecule has 0 aliphatic heterocycles. The molecule has 0 radical (unpaired) electrons. The van der Waals surface area contributed by atoms with Crippen LogP contribution in [-0.2, 0) is 0 Å². The molecule has 2 amide bonds. The molecule has 0 spiro atoms. The van der Waals surface area contributed by atoms with Gasteiger partial charge in [-0.2, -0.15) is 0 Å². The Morgan fingerprint density at radius 2 is 0.750 bits per heavy atom. The van der Waals surface area contributed by atoms with Crippen LogP contribution in [0.15, 0.2) is 0 Å². The fraction of sp³-hybridized carbons (Fsp3) is 0.957. The number of nitrogens with zero attached hydrogens (tertiary/aromatic N) is 1. The Morgan fingerprint density at radius 3 is 1.00 bits per heavy atom. The summed E-state index contributed by atoms with van der Waals surface area (Å²) in [5.74, 6) is 0. The molecule has 0 heterocycles. The highest BCUT2D eigenvalue weighted by Crippen LogP contribution is 2.12. The summed E-state index contributed by atoms with van der Waals surface area (Å²) < 4.78 is 0. The Hall–Kier alpha value is -0.810. The third-order valence-corrected chi connectivity index (χ3v) is 5.48. The first-order chi connectivity index (χ1) is 13.7. The van der Waals surface area contributed by atoms with Crippen LogP contribution in [0.3, 0.4) is 0 Å². The van der Waals surface area contributed by atoms with E-state index in [0.29, 0.717) is 13.2 Å². The number of hydrogen-bond donors (Lipinski definition) is 3. The Labute approximate surface area is 174 Å². The molecule has 0 aromatic carbocycles. The van der Waals surface area contributed by atoms with Crippen LogP contribution in [0.5, 0.6) is 0 Å². The Morgan fingerprint density at radius 1 is 0.500 bits per heavy atom. The summed E-state index contributed by atoms with van der Waals surface area (Å²) in [6.45, 7) is 2.25. The highest BCUT2D eigenvalue weighted by atomic mass is 16.3. The summed E-state index contributed by atoms with van der Waals surface area (Å²) in [6.07, 6.45) is 21.3. The van der Waals surface area contributed by atoms with Gasteiger partial charge in [0.15, 0.2) is 0 Å².